The molecule has 0 aliphatic rings. The van der Waals surface area contributed by atoms with Gasteiger partial charge in [0.25, 0.3) is 5.91 Å². The topological polar surface area (TPSA) is 85.1 Å². The summed E-state index contributed by atoms with van der Waals surface area (Å²) in [5, 5.41) is 2.02. The van der Waals surface area contributed by atoms with E-state index in [0.717, 1.165) is 0 Å². The second-order valence-electron chi connectivity index (χ2n) is 6.11. The molecular weight excluding hydrogens is 347 g/mol. The number of aromatic nitrogens is 1. The number of hydrogen-bond donors (Lipinski definition) is 2. The second-order valence-corrected chi connectivity index (χ2v) is 6.11. The fourth-order valence-electron chi connectivity index (χ4n) is 2.41. The van der Waals surface area contributed by atoms with E-state index < -0.39 is 30.0 Å². The van der Waals surface area contributed by atoms with Crippen LogP contribution >= 0.6 is 0 Å². The van der Waals surface area contributed by atoms with Gasteiger partial charge in [-0.25, -0.2) is 0 Å². The number of rotatable bonds is 5. The molecule has 138 valence electrons. The highest BCUT2D eigenvalue weighted by Crippen LogP contribution is 2.26. The summed E-state index contributed by atoms with van der Waals surface area (Å²) in [6.45, 7) is 2.77. The number of hydrogen-bond acceptors (Lipinski definition) is 3. The van der Waals surface area contributed by atoms with Crippen molar-refractivity contribution >= 4 is 11.8 Å². The Labute approximate surface area is 148 Å². The van der Waals surface area contributed by atoms with E-state index >= 15 is 0 Å². The minimum Gasteiger partial charge on any atom is -0.366 e. The molecule has 3 N–H and O–H groups in total. The van der Waals surface area contributed by atoms with Crippen molar-refractivity contribution in [3.8, 4) is 11.3 Å². The molecule has 1 atom stereocenters. The molecule has 2 aromatic rings. The summed E-state index contributed by atoms with van der Waals surface area (Å²) in [5.74, 6) is -2.28. The number of benzene rings is 1. The number of carbonyl (C=O) groups excluding carboxylic acids is 2. The number of nitrogens with two attached hydrogens (primary N) is 1. The lowest BCUT2D eigenvalue weighted by Gasteiger charge is -2.25. The highest BCUT2D eigenvalue weighted by atomic mass is 19.4. The van der Waals surface area contributed by atoms with Crippen LogP contribution in [0.2, 0.25) is 0 Å². The standard InChI is InChI=1S/C18H18F3N3O2/c1-10(2)15(18(19,20)21)24-17(26)13-5-3-4-11(8-13)14-9-12(16(22)25)6-7-23-14/h3-10,15H,1-2H3,(H2,22,25)(H,24,26). The molecule has 2 rings (SSSR count). The van der Waals surface area contributed by atoms with Gasteiger partial charge >= 0.3 is 6.18 Å². The van der Waals surface area contributed by atoms with E-state index in [9.17, 15) is 22.8 Å². The summed E-state index contributed by atoms with van der Waals surface area (Å²) in [5.41, 5.74) is 6.38. The predicted molar refractivity (Wildman–Crippen MR) is 90.3 cm³/mol. The molecule has 0 saturated heterocycles. The van der Waals surface area contributed by atoms with Crippen LogP contribution in [0.3, 0.4) is 0 Å². The Morgan fingerprint density at radius 1 is 1.12 bits per heavy atom. The van der Waals surface area contributed by atoms with Crippen molar-refractivity contribution in [2.24, 2.45) is 11.7 Å². The Kier molecular flexibility index (Phi) is 5.64. The summed E-state index contributed by atoms with van der Waals surface area (Å²) >= 11 is 0. The van der Waals surface area contributed by atoms with Crippen molar-refractivity contribution in [2.45, 2.75) is 26.1 Å². The average Bonchev–Trinajstić information content (AvgIpc) is 2.58. The molecule has 0 aliphatic carbocycles. The molecule has 26 heavy (non-hydrogen) atoms. The third kappa shape index (κ3) is 4.59. The van der Waals surface area contributed by atoms with Crippen molar-refractivity contribution < 1.29 is 22.8 Å². The average molecular weight is 365 g/mol. The summed E-state index contributed by atoms with van der Waals surface area (Å²) in [6.07, 6.45) is -3.15. The van der Waals surface area contributed by atoms with Gasteiger partial charge in [-0.15, -0.1) is 0 Å². The molecule has 8 heteroatoms. The van der Waals surface area contributed by atoms with Crippen LogP contribution in [0.4, 0.5) is 13.2 Å². The van der Waals surface area contributed by atoms with E-state index in [1.54, 1.807) is 6.07 Å². The zero-order valence-corrected chi connectivity index (χ0v) is 14.2. The Balaban J connectivity index is 2.30. The van der Waals surface area contributed by atoms with E-state index in [4.69, 9.17) is 5.73 Å². The van der Waals surface area contributed by atoms with Crippen molar-refractivity contribution in [1.82, 2.24) is 10.3 Å². The molecular formula is C18H18F3N3O2. The van der Waals surface area contributed by atoms with Gasteiger partial charge in [-0.2, -0.15) is 13.2 Å². The number of nitrogens with one attached hydrogen (secondary N) is 1. The van der Waals surface area contributed by atoms with Crippen LogP contribution in [-0.2, 0) is 0 Å². The van der Waals surface area contributed by atoms with Gasteiger partial charge < -0.3 is 11.1 Å². The molecule has 5 nitrogen and oxygen atoms in total. The maximum Gasteiger partial charge on any atom is 0.408 e. The molecule has 0 aliphatic heterocycles. The zero-order valence-electron chi connectivity index (χ0n) is 14.2. The Morgan fingerprint density at radius 3 is 2.38 bits per heavy atom. The van der Waals surface area contributed by atoms with E-state index in [0.29, 0.717) is 11.3 Å². The van der Waals surface area contributed by atoms with Crippen LogP contribution in [-0.4, -0.2) is 29.0 Å². The Morgan fingerprint density at radius 2 is 1.81 bits per heavy atom. The van der Waals surface area contributed by atoms with Crippen molar-refractivity contribution in [3.05, 3.63) is 53.7 Å². The SMILES string of the molecule is CC(C)C(NC(=O)c1cccc(-c2cc(C(N)=O)ccn2)c1)C(F)(F)F. The van der Waals surface area contributed by atoms with Gasteiger partial charge in [0, 0.05) is 22.9 Å². The van der Waals surface area contributed by atoms with Gasteiger partial charge in [0.15, 0.2) is 0 Å². The van der Waals surface area contributed by atoms with Crippen LogP contribution in [0.5, 0.6) is 0 Å². The number of nitrogens with zero attached hydrogens (tertiary/aromatic N) is 1. The molecule has 2 amide bonds. The zero-order chi connectivity index (χ0) is 19.5. The Hall–Kier alpha value is -2.90. The fourth-order valence-corrected chi connectivity index (χ4v) is 2.41. The van der Waals surface area contributed by atoms with Crippen LogP contribution < -0.4 is 11.1 Å². The number of carbonyl (C=O) groups is 2. The van der Waals surface area contributed by atoms with Crippen LogP contribution in [0, 0.1) is 5.92 Å². The molecule has 0 saturated carbocycles. The van der Waals surface area contributed by atoms with E-state index in [1.807, 2.05) is 5.32 Å². The van der Waals surface area contributed by atoms with Crippen LogP contribution in [0.1, 0.15) is 34.6 Å². The van der Waals surface area contributed by atoms with E-state index in [1.165, 1.54) is 50.4 Å². The number of pyridine rings is 1. The maximum atomic E-state index is 13.0. The maximum absolute atomic E-state index is 13.0. The first-order chi connectivity index (χ1) is 12.1. The highest BCUT2D eigenvalue weighted by Gasteiger charge is 2.42. The third-order valence-electron chi connectivity index (χ3n) is 3.77. The highest BCUT2D eigenvalue weighted by molar-refractivity contribution is 5.96. The number of halogens is 3. The number of amides is 2. The first-order valence-corrected chi connectivity index (χ1v) is 7.83. The minimum atomic E-state index is -4.54. The Bertz CT molecular complexity index is 819. The molecule has 1 aromatic heterocycles. The van der Waals surface area contributed by atoms with Gasteiger partial charge in [-0.3, -0.25) is 14.6 Å². The molecule has 0 fully saturated rings. The fraction of sp³-hybridized carbons (Fsp3) is 0.278. The summed E-state index contributed by atoms with van der Waals surface area (Å²) in [6, 6.07) is 6.93. The summed E-state index contributed by atoms with van der Waals surface area (Å²) in [7, 11) is 0. The van der Waals surface area contributed by atoms with Crippen molar-refractivity contribution in [1.29, 1.82) is 0 Å². The first kappa shape index (κ1) is 19.4. The lowest BCUT2D eigenvalue weighted by molar-refractivity contribution is -0.162. The molecule has 1 heterocycles. The lowest BCUT2D eigenvalue weighted by Crippen LogP contribution is -2.48. The van der Waals surface area contributed by atoms with Crippen molar-refractivity contribution in [2.75, 3.05) is 0 Å². The monoisotopic (exact) mass is 365 g/mol. The van der Waals surface area contributed by atoms with E-state index in [-0.39, 0.29) is 11.1 Å². The van der Waals surface area contributed by atoms with Crippen LogP contribution in [0.25, 0.3) is 11.3 Å². The van der Waals surface area contributed by atoms with Gasteiger partial charge in [0.1, 0.15) is 6.04 Å². The van der Waals surface area contributed by atoms with Gasteiger partial charge in [0.2, 0.25) is 5.91 Å². The van der Waals surface area contributed by atoms with Gasteiger partial charge in [-0.05, 0) is 30.2 Å². The largest absolute Gasteiger partial charge is 0.408 e. The molecule has 1 unspecified atom stereocenters. The molecule has 0 bridgehead atoms. The van der Waals surface area contributed by atoms with E-state index in [2.05, 4.69) is 4.98 Å². The smallest absolute Gasteiger partial charge is 0.366 e. The summed E-state index contributed by atoms with van der Waals surface area (Å²) < 4.78 is 39.1. The predicted octanol–water partition coefficient (Wildman–Crippen LogP) is 3.16. The second kappa shape index (κ2) is 7.55. The normalized spacial score (nSPS) is 12.7. The number of primary amides is 1. The number of alkyl halides is 3. The third-order valence-corrected chi connectivity index (χ3v) is 3.77. The minimum absolute atomic E-state index is 0.0590. The molecule has 0 radical (unpaired) electrons. The quantitative estimate of drug-likeness (QED) is 0.853. The lowest BCUT2D eigenvalue weighted by atomic mass is 10.0. The van der Waals surface area contributed by atoms with Crippen LogP contribution in [0.15, 0.2) is 42.6 Å². The van der Waals surface area contributed by atoms with Crippen molar-refractivity contribution in [3.63, 3.8) is 0 Å². The molecule has 1 aromatic carbocycles. The first-order valence-electron chi connectivity index (χ1n) is 7.83. The molecule has 0 spiro atoms. The van der Waals surface area contributed by atoms with Gasteiger partial charge in [-0.1, -0.05) is 26.0 Å². The van der Waals surface area contributed by atoms with Gasteiger partial charge in [0.05, 0.1) is 5.69 Å². The summed E-state index contributed by atoms with van der Waals surface area (Å²) in [4.78, 5) is 27.6.